The molecule has 3 aromatic heterocycles. The molecule has 0 radical (unpaired) electrons. The summed E-state index contributed by atoms with van der Waals surface area (Å²) in [6, 6.07) is 9.71. The van der Waals surface area contributed by atoms with Crippen molar-refractivity contribution in [1.82, 2.24) is 29.2 Å². The second-order valence-electron chi connectivity index (χ2n) is 11.2. The van der Waals surface area contributed by atoms with Gasteiger partial charge in [-0.05, 0) is 43.7 Å². The Morgan fingerprint density at radius 2 is 1.86 bits per heavy atom. The minimum atomic E-state index is -0.217. The van der Waals surface area contributed by atoms with Crippen molar-refractivity contribution in [3.8, 4) is 11.6 Å². The Morgan fingerprint density at radius 1 is 1.00 bits per heavy atom. The number of fused-ring (bicyclic) bond motifs is 5. The maximum absolute atomic E-state index is 13.6. The van der Waals surface area contributed by atoms with Gasteiger partial charge in [0.05, 0.1) is 13.2 Å². The molecule has 1 fully saturated rings. The lowest BCUT2D eigenvalue weighted by molar-refractivity contribution is -0.121. The number of ether oxygens (including phenoxy) is 1. The normalized spacial score (nSPS) is 18.1. The predicted molar refractivity (Wildman–Crippen MR) is 162 cm³/mol. The quantitative estimate of drug-likeness (QED) is 0.360. The fraction of sp³-hybridized carbons (Fsp3) is 0.387. The molecule has 0 atom stereocenters. The fourth-order valence-corrected chi connectivity index (χ4v) is 6.04. The molecule has 0 unspecified atom stereocenters. The van der Waals surface area contributed by atoms with Crippen molar-refractivity contribution < 1.29 is 14.6 Å². The van der Waals surface area contributed by atoms with E-state index in [0.717, 1.165) is 55.8 Å². The van der Waals surface area contributed by atoms with Crippen LogP contribution in [0.2, 0.25) is 0 Å². The number of rotatable bonds is 4. The van der Waals surface area contributed by atoms with Gasteiger partial charge in [0.25, 0.3) is 11.5 Å². The molecule has 7 rings (SSSR count). The van der Waals surface area contributed by atoms with E-state index in [2.05, 4.69) is 34.0 Å². The molecular weight excluding hydrogens is 548 g/mol. The first-order valence-electron chi connectivity index (χ1n) is 14.7. The number of piperazine rings is 1. The van der Waals surface area contributed by atoms with Gasteiger partial charge in [-0.15, -0.1) is 0 Å². The smallest absolute Gasteiger partial charge is 0.278 e. The van der Waals surface area contributed by atoms with Crippen molar-refractivity contribution in [3.63, 3.8) is 0 Å². The van der Waals surface area contributed by atoms with Crippen LogP contribution in [0.15, 0.2) is 53.5 Å². The molecule has 0 aliphatic carbocycles. The van der Waals surface area contributed by atoms with E-state index in [-0.39, 0.29) is 24.7 Å². The molecule has 222 valence electrons. The standard InChI is InChI=1S/C31H34N8O4/c1-35-12-14-36(15-13-35)24-7-6-21(16-22(24)19-40)17-26-32-18-23-29(33-26)39-27-9-8-25-30(34-27)37(28(41)20-43-25)10-4-2-3-5-11-38(39)31(23)42/h3,5-9,16,18,40H,2,4,10-15,17,19-20H2,1H3/b5-3-. The third kappa shape index (κ3) is 5.06. The number of aliphatic hydroxyl groups is 1. The van der Waals surface area contributed by atoms with E-state index in [1.165, 1.54) is 0 Å². The number of hydrogen-bond acceptors (Lipinski definition) is 9. The van der Waals surface area contributed by atoms with E-state index in [0.29, 0.717) is 53.8 Å². The van der Waals surface area contributed by atoms with Gasteiger partial charge in [-0.25, -0.2) is 24.3 Å². The maximum atomic E-state index is 13.6. The van der Waals surface area contributed by atoms with Gasteiger partial charge < -0.3 is 19.6 Å². The summed E-state index contributed by atoms with van der Waals surface area (Å²) in [5.74, 6) is 1.86. The average molecular weight is 583 g/mol. The Bertz CT molecular complexity index is 1790. The molecule has 0 saturated carbocycles. The summed E-state index contributed by atoms with van der Waals surface area (Å²) >= 11 is 0. The van der Waals surface area contributed by atoms with Gasteiger partial charge in [-0.2, -0.15) is 0 Å². The number of allylic oxidation sites excluding steroid dienone is 2. The van der Waals surface area contributed by atoms with Crippen LogP contribution in [0, 0.1) is 0 Å². The molecule has 1 amide bonds. The summed E-state index contributed by atoms with van der Waals surface area (Å²) < 4.78 is 8.97. The number of anilines is 2. The lowest BCUT2D eigenvalue weighted by Crippen LogP contribution is -2.44. The number of amides is 1. The van der Waals surface area contributed by atoms with Gasteiger partial charge >= 0.3 is 0 Å². The highest BCUT2D eigenvalue weighted by molar-refractivity contribution is 5.96. The third-order valence-electron chi connectivity index (χ3n) is 8.39. The van der Waals surface area contributed by atoms with Crippen LogP contribution in [0.4, 0.5) is 11.5 Å². The van der Waals surface area contributed by atoms with Crippen molar-refractivity contribution in [1.29, 1.82) is 0 Å². The van der Waals surface area contributed by atoms with E-state index in [1.54, 1.807) is 32.6 Å². The van der Waals surface area contributed by atoms with Crippen molar-refractivity contribution >= 4 is 28.4 Å². The Hall–Kier alpha value is -4.55. The van der Waals surface area contributed by atoms with Crippen LogP contribution in [-0.2, 0) is 24.4 Å². The molecule has 3 aliphatic rings. The summed E-state index contributed by atoms with van der Waals surface area (Å²) in [5, 5.41) is 10.6. The highest BCUT2D eigenvalue weighted by atomic mass is 16.5. The fourth-order valence-electron chi connectivity index (χ4n) is 6.04. The summed E-state index contributed by atoms with van der Waals surface area (Å²) in [6.07, 6.45) is 7.54. The monoisotopic (exact) mass is 582 g/mol. The second kappa shape index (κ2) is 11.3. The molecule has 2 bridgehead atoms. The zero-order valence-electron chi connectivity index (χ0n) is 24.1. The lowest BCUT2D eigenvalue weighted by atomic mass is 10.0. The van der Waals surface area contributed by atoms with Gasteiger partial charge in [0.1, 0.15) is 11.2 Å². The molecule has 1 aromatic carbocycles. The van der Waals surface area contributed by atoms with Crippen LogP contribution >= 0.6 is 0 Å². The summed E-state index contributed by atoms with van der Waals surface area (Å²) in [4.78, 5) is 46.8. The number of nitrogens with zero attached hydrogens (tertiary/aromatic N) is 8. The first kappa shape index (κ1) is 27.3. The number of likely N-dealkylation sites (N-methyl/N-ethyl adjacent to an activating group) is 1. The molecule has 0 spiro atoms. The zero-order chi connectivity index (χ0) is 29.5. The van der Waals surface area contributed by atoms with E-state index in [1.807, 2.05) is 18.2 Å². The Morgan fingerprint density at radius 3 is 2.70 bits per heavy atom. The first-order valence-corrected chi connectivity index (χ1v) is 14.7. The summed E-state index contributed by atoms with van der Waals surface area (Å²) in [6.45, 7) is 4.60. The molecule has 1 saturated heterocycles. The molecule has 12 heteroatoms. The Kier molecular flexibility index (Phi) is 7.15. The topological polar surface area (TPSA) is 122 Å². The SMILES string of the molecule is CN1CCN(c2ccc(Cc3ncc4c(=O)n5n(c4n3)-c3ccc4c(n3)N(CCC/C=C\C5)C(=O)CO4)cc2CO)CC1. The summed E-state index contributed by atoms with van der Waals surface area (Å²) in [5.41, 5.74) is 3.12. The van der Waals surface area contributed by atoms with Crippen molar-refractivity contribution in [2.24, 2.45) is 0 Å². The van der Waals surface area contributed by atoms with Crippen LogP contribution in [0.1, 0.15) is 29.8 Å². The molecule has 43 heavy (non-hydrogen) atoms. The number of carbonyl (C=O) groups is 1. The Balaban J connectivity index is 1.28. The number of aliphatic hydroxyl groups excluding tert-OH is 1. The van der Waals surface area contributed by atoms with Crippen LogP contribution in [0.5, 0.6) is 5.75 Å². The molecule has 1 N–H and O–H groups in total. The molecule has 3 aliphatic heterocycles. The number of pyridine rings is 1. The molecule has 4 aromatic rings. The van der Waals surface area contributed by atoms with Crippen LogP contribution in [-0.4, -0.2) is 86.6 Å². The van der Waals surface area contributed by atoms with Gasteiger partial charge in [0.15, 0.2) is 29.6 Å². The summed E-state index contributed by atoms with van der Waals surface area (Å²) in [7, 11) is 2.12. The van der Waals surface area contributed by atoms with Crippen LogP contribution < -0.4 is 20.1 Å². The molecular formula is C31H34N8O4. The lowest BCUT2D eigenvalue weighted by Gasteiger charge is -2.35. The highest BCUT2D eigenvalue weighted by Gasteiger charge is 2.28. The number of benzene rings is 1. The van der Waals surface area contributed by atoms with E-state index < -0.39 is 0 Å². The van der Waals surface area contributed by atoms with Crippen LogP contribution in [0.25, 0.3) is 16.9 Å². The number of hydrogen-bond donors (Lipinski definition) is 1. The molecule has 6 heterocycles. The average Bonchev–Trinajstić information content (AvgIpc) is 3.29. The van der Waals surface area contributed by atoms with Gasteiger partial charge in [-0.3, -0.25) is 14.5 Å². The minimum Gasteiger partial charge on any atom is -0.480 e. The minimum absolute atomic E-state index is 0.0219. The highest BCUT2D eigenvalue weighted by Crippen LogP contribution is 2.32. The Labute approximate surface area is 248 Å². The first-order chi connectivity index (χ1) is 21.0. The van der Waals surface area contributed by atoms with Crippen molar-refractivity contribution in [2.45, 2.75) is 32.4 Å². The van der Waals surface area contributed by atoms with E-state index in [9.17, 15) is 14.7 Å². The number of carbonyl (C=O) groups excluding carboxylic acids is 1. The van der Waals surface area contributed by atoms with E-state index in [4.69, 9.17) is 14.7 Å². The molecule has 12 nitrogen and oxygen atoms in total. The van der Waals surface area contributed by atoms with Crippen molar-refractivity contribution in [3.05, 3.63) is 76.0 Å². The largest absolute Gasteiger partial charge is 0.480 e. The van der Waals surface area contributed by atoms with Gasteiger partial charge in [0, 0.05) is 56.6 Å². The zero-order valence-corrected chi connectivity index (χ0v) is 24.1. The third-order valence-corrected chi connectivity index (χ3v) is 8.39. The van der Waals surface area contributed by atoms with Gasteiger partial charge in [-0.1, -0.05) is 24.3 Å². The van der Waals surface area contributed by atoms with Crippen molar-refractivity contribution in [2.75, 3.05) is 56.2 Å². The number of aromatic nitrogens is 5. The predicted octanol–water partition coefficient (Wildman–Crippen LogP) is 1.89. The van der Waals surface area contributed by atoms with Crippen LogP contribution in [0.3, 0.4) is 0 Å². The second-order valence-corrected chi connectivity index (χ2v) is 11.2. The van der Waals surface area contributed by atoms with E-state index >= 15 is 0 Å². The van der Waals surface area contributed by atoms with Gasteiger partial charge in [0.2, 0.25) is 0 Å². The maximum Gasteiger partial charge on any atom is 0.278 e.